The van der Waals surface area contributed by atoms with Crippen molar-refractivity contribution in [2.75, 3.05) is 29.5 Å². The van der Waals surface area contributed by atoms with Crippen LogP contribution in [0.2, 0.25) is 0 Å². The maximum atomic E-state index is 12.0. The van der Waals surface area contributed by atoms with Gasteiger partial charge in [0.25, 0.3) is 0 Å². The van der Waals surface area contributed by atoms with Crippen molar-refractivity contribution in [1.82, 2.24) is 9.97 Å². The number of benzene rings is 1. The van der Waals surface area contributed by atoms with Crippen molar-refractivity contribution in [1.29, 1.82) is 0 Å². The van der Waals surface area contributed by atoms with Crippen LogP contribution in [0, 0.1) is 31.6 Å². The van der Waals surface area contributed by atoms with E-state index in [1.54, 1.807) is 0 Å². The highest BCUT2D eigenvalue weighted by Gasteiger charge is 2.19. The molecule has 8 heteroatoms. The van der Waals surface area contributed by atoms with E-state index in [4.69, 9.17) is 10.8 Å². The molecule has 1 aromatic heterocycles. The van der Waals surface area contributed by atoms with Gasteiger partial charge in [-0.1, -0.05) is 0 Å². The van der Waals surface area contributed by atoms with Gasteiger partial charge in [-0.2, -0.15) is 4.98 Å². The van der Waals surface area contributed by atoms with Gasteiger partial charge in [0.05, 0.1) is 11.9 Å². The fourth-order valence-corrected chi connectivity index (χ4v) is 2.77. The van der Waals surface area contributed by atoms with Gasteiger partial charge in [-0.3, -0.25) is 9.59 Å². The normalized spacial score (nSPS) is 14.4. The lowest BCUT2D eigenvalue weighted by Gasteiger charge is -2.23. The highest BCUT2D eigenvalue weighted by atomic mass is 16.4. The lowest BCUT2D eigenvalue weighted by molar-refractivity contribution is -0.138. The van der Waals surface area contributed by atoms with Crippen LogP contribution in [0.25, 0.3) is 10.9 Å². The van der Waals surface area contributed by atoms with Crippen molar-refractivity contribution in [2.45, 2.75) is 12.8 Å². The molecule has 0 spiro atoms. The summed E-state index contributed by atoms with van der Waals surface area (Å²) < 4.78 is 0. The van der Waals surface area contributed by atoms with E-state index >= 15 is 0 Å². The van der Waals surface area contributed by atoms with E-state index in [1.165, 1.54) is 5.92 Å². The van der Waals surface area contributed by atoms with E-state index in [0.29, 0.717) is 10.9 Å². The zero-order valence-corrected chi connectivity index (χ0v) is 14.8. The summed E-state index contributed by atoms with van der Waals surface area (Å²) in [6, 6.07) is 5.62. The third kappa shape index (κ3) is 4.84. The third-order valence-electron chi connectivity index (χ3n) is 4.11. The number of carbonyl (C=O) groups is 2. The second-order valence-electron chi connectivity index (χ2n) is 6.22. The first kappa shape index (κ1) is 18.9. The molecular formula is C19H20N5O3. The van der Waals surface area contributed by atoms with Crippen LogP contribution in [0.15, 0.2) is 18.2 Å². The molecule has 1 amide bonds. The summed E-state index contributed by atoms with van der Waals surface area (Å²) in [5.74, 6) is 0.0275. The largest absolute Gasteiger partial charge is 0.481 e. The molecule has 0 aliphatic heterocycles. The number of nitrogens with one attached hydrogen (secondary N) is 1. The summed E-state index contributed by atoms with van der Waals surface area (Å²) in [6.45, 7) is 0.731. The number of nitrogens with zero attached hydrogens (tertiary/aromatic N) is 3. The number of carboxylic acids is 1. The quantitative estimate of drug-likeness (QED) is 0.684. The topological polar surface area (TPSA) is 121 Å². The average molecular weight is 366 g/mol. The lowest BCUT2D eigenvalue weighted by Crippen LogP contribution is -2.23. The van der Waals surface area contributed by atoms with Crippen LogP contribution in [0.4, 0.5) is 17.5 Å². The van der Waals surface area contributed by atoms with Crippen LogP contribution in [-0.2, 0) is 9.59 Å². The van der Waals surface area contributed by atoms with E-state index < -0.39 is 11.9 Å². The Balaban J connectivity index is 1.83. The highest BCUT2D eigenvalue weighted by Crippen LogP contribution is 2.29. The zero-order chi connectivity index (χ0) is 19.4. The van der Waals surface area contributed by atoms with Gasteiger partial charge >= 0.3 is 5.97 Å². The monoisotopic (exact) mass is 366 g/mol. The third-order valence-corrected chi connectivity index (χ3v) is 4.11. The number of rotatable bonds is 7. The number of carbonyl (C=O) groups excluding carboxylic acids is 1. The van der Waals surface area contributed by atoms with Crippen molar-refractivity contribution in [3.8, 4) is 0 Å². The van der Waals surface area contributed by atoms with Crippen molar-refractivity contribution in [3.05, 3.63) is 49.8 Å². The molecule has 0 atom stereocenters. The number of fused-ring (bicyclic) bond motifs is 1. The average Bonchev–Trinajstić information content (AvgIpc) is 3.12. The number of nitrogen functional groups attached to an aromatic ring is 1. The molecule has 1 heterocycles. The lowest BCUT2D eigenvalue weighted by atomic mass is 10.1. The Morgan fingerprint density at radius 2 is 1.93 bits per heavy atom. The van der Waals surface area contributed by atoms with Crippen LogP contribution < -0.4 is 16.0 Å². The molecule has 0 saturated heterocycles. The predicted molar refractivity (Wildman–Crippen MR) is 103 cm³/mol. The second-order valence-corrected chi connectivity index (χ2v) is 6.22. The van der Waals surface area contributed by atoms with Gasteiger partial charge in [0.2, 0.25) is 11.9 Å². The van der Waals surface area contributed by atoms with Crippen LogP contribution in [-0.4, -0.2) is 40.5 Å². The number of nitrogens with two attached hydrogens (primary N) is 1. The Labute approximate surface area is 157 Å². The Hall–Kier alpha value is -2.90. The van der Waals surface area contributed by atoms with E-state index in [9.17, 15) is 9.59 Å². The number of aliphatic carboxylic acids is 1. The molecule has 5 radical (unpaired) electrons. The molecule has 139 valence electrons. The molecule has 1 aromatic carbocycles. The molecule has 1 aliphatic rings. The number of carboxylic acid groups (broad SMARTS) is 1. The SMILES string of the molecule is CN(C[C]1[CH][CH][CH][CH]1)c1ccc2nc(N)nc(NC(=O)CCC(=O)O)c2c1. The molecule has 27 heavy (non-hydrogen) atoms. The number of aromatic nitrogens is 2. The molecule has 0 bridgehead atoms. The van der Waals surface area contributed by atoms with Crippen molar-refractivity contribution < 1.29 is 14.7 Å². The minimum Gasteiger partial charge on any atom is -0.481 e. The molecule has 8 nitrogen and oxygen atoms in total. The Kier molecular flexibility index (Phi) is 5.73. The first-order chi connectivity index (χ1) is 12.9. The summed E-state index contributed by atoms with van der Waals surface area (Å²) >= 11 is 0. The number of anilines is 3. The molecule has 3 rings (SSSR count). The second kappa shape index (κ2) is 8.20. The minimum absolute atomic E-state index is 0.0360. The van der Waals surface area contributed by atoms with E-state index in [0.717, 1.165) is 12.2 Å². The Morgan fingerprint density at radius 1 is 1.19 bits per heavy atom. The summed E-state index contributed by atoms with van der Waals surface area (Å²) in [7, 11) is 1.97. The fraction of sp³-hybridized carbons (Fsp3) is 0.211. The summed E-state index contributed by atoms with van der Waals surface area (Å²) in [6.07, 6.45) is 7.69. The van der Waals surface area contributed by atoms with Gasteiger partial charge in [0, 0.05) is 37.0 Å². The number of amides is 1. The molecule has 1 saturated carbocycles. The van der Waals surface area contributed by atoms with Gasteiger partial charge in [-0.05, 0) is 43.9 Å². The minimum atomic E-state index is -1.03. The molecule has 2 aromatic rings. The van der Waals surface area contributed by atoms with Gasteiger partial charge in [-0.25, -0.2) is 4.98 Å². The zero-order valence-electron chi connectivity index (χ0n) is 14.8. The van der Waals surface area contributed by atoms with Gasteiger partial charge in [0.1, 0.15) is 5.82 Å². The smallest absolute Gasteiger partial charge is 0.303 e. The highest BCUT2D eigenvalue weighted by molar-refractivity contribution is 6.01. The predicted octanol–water partition coefficient (Wildman–Crippen LogP) is 1.86. The summed E-state index contributed by atoms with van der Waals surface area (Å²) in [5, 5.41) is 12.0. The first-order valence-corrected chi connectivity index (χ1v) is 8.43. The van der Waals surface area contributed by atoms with Crippen molar-refractivity contribution >= 4 is 40.2 Å². The summed E-state index contributed by atoms with van der Waals surface area (Å²) in [5.41, 5.74) is 7.26. The molecular weight excluding hydrogens is 346 g/mol. The van der Waals surface area contributed by atoms with Crippen LogP contribution in [0.5, 0.6) is 0 Å². The Bertz CT molecular complexity index is 849. The van der Waals surface area contributed by atoms with E-state index in [1.807, 2.05) is 38.1 Å². The van der Waals surface area contributed by atoms with Gasteiger partial charge in [-0.15, -0.1) is 0 Å². The molecule has 4 N–H and O–H groups in total. The Morgan fingerprint density at radius 3 is 2.63 bits per heavy atom. The standard InChI is InChI=1S/C19H20N5O3/c1-24(11-12-4-2-3-5-12)13-6-7-15-14(10-13)18(23-19(20)21-15)22-16(25)8-9-17(26)27/h2-7,10H,8-9,11H2,1H3,(H,26,27)(H3,20,21,22,23,25). The van der Waals surface area contributed by atoms with E-state index in [2.05, 4.69) is 33.0 Å². The van der Waals surface area contributed by atoms with Crippen LogP contribution in [0.3, 0.4) is 0 Å². The van der Waals surface area contributed by atoms with Crippen molar-refractivity contribution in [3.63, 3.8) is 0 Å². The van der Waals surface area contributed by atoms with Crippen molar-refractivity contribution in [2.24, 2.45) is 0 Å². The van der Waals surface area contributed by atoms with E-state index in [-0.39, 0.29) is 24.6 Å². The van der Waals surface area contributed by atoms with Crippen LogP contribution in [0.1, 0.15) is 12.8 Å². The summed E-state index contributed by atoms with van der Waals surface area (Å²) in [4.78, 5) is 33.0. The molecule has 1 aliphatic carbocycles. The number of hydrogen-bond acceptors (Lipinski definition) is 6. The first-order valence-electron chi connectivity index (χ1n) is 8.43. The maximum Gasteiger partial charge on any atom is 0.303 e. The molecule has 0 unspecified atom stereocenters. The molecule has 1 fully saturated rings. The van der Waals surface area contributed by atoms with Crippen LogP contribution >= 0.6 is 0 Å². The fourth-order valence-electron chi connectivity index (χ4n) is 2.77. The van der Waals surface area contributed by atoms with Gasteiger partial charge in [0.15, 0.2) is 0 Å². The maximum absolute atomic E-state index is 12.0. The van der Waals surface area contributed by atoms with Gasteiger partial charge < -0.3 is 21.1 Å². The number of hydrogen-bond donors (Lipinski definition) is 3.